The number of aromatic nitrogens is 1. The molecular weight excluding hydrogens is 380 g/mol. The van der Waals surface area contributed by atoms with Crippen molar-refractivity contribution in [1.29, 1.82) is 0 Å². The van der Waals surface area contributed by atoms with E-state index in [1.54, 1.807) is 11.3 Å². The van der Waals surface area contributed by atoms with Gasteiger partial charge < -0.3 is 14.4 Å². The van der Waals surface area contributed by atoms with Gasteiger partial charge in [0.15, 0.2) is 11.5 Å². The average molecular weight is 399 g/mol. The van der Waals surface area contributed by atoms with Gasteiger partial charge in [-0.25, -0.2) is 4.98 Å². The molecule has 0 unspecified atom stereocenters. The van der Waals surface area contributed by atoms with Gasteiger partial charge in [0.2, 0.25) is 0 Å². The molecule has 0 saturated carbocycles. The van der Waals surface area contributed by atoms with E-state index in [4.69, 9.17) is 9.47 Å². The van der Waals surface area contributed by atoms with Crippen LogP contribution >= 0.6 is 22.7 Å². The lowest BCUT2D eigenvalue weighted by Gasteiger charge is -2.26. The van der Waals surface area contributed by atoms with Gasteiger partial charge in [0, 0.05) is 22.9 Å². The Bertz CT molecular complexity index is 968. The van der Waals surface area contributed by atoms with Crippen LogP contribution in [0.1, 0.15) is 34.9 Å². The molecule has 1 fully saturated rings. The fourth-order valence-electron chi connectivity index (χ4n) is 3.66. The van der Waals surface area contributed by atoms with E-state index in [1.165, 1.54) is 11.3 Å². The lowest BCUT2D eigenvalue weighted by atomic mass is 10.0. The molecule has 1 amide bonds. The molecule has 1 aromatic carbocycles. The number of benzene rings is 1. The minimum Gasteiger partial charge on any atom is -0.486 e. The highest BCUT2D eigenvalue weighted by atomic mass is 32.1. The predicted octanol–water partition coefficient (Wildman–Crippen LogP) is 4.62. The maximum Gasteiger partial charge on any atom is 0.273 e. The van der Waals surface area contributed by atoms with Crippen molar-refractivity contribution in [2.24, 2.45) is 0 Å². The van der Waals surface area contributed by atoms with Gasteiger partial charge >= 0.3 is 0 Å². The standard InChI is InChI=1S/C20H18N2O3S2/c23-20(15-12-27-19(21-15)14-5-9-26-11-14)22-6-1-2-16(22)13-3-4-17-18(10-13)25-8-7-24-17/h3-5,9-12,16H,1-2,6-8H2/t16-/m0/s1. The molecule has 2 aliphatic rings. The Morgan fingerprint density at radius 3 is 2.89 bits per heavy atom. The van der Waals surface area contributed by atoms with E-state index in [0.29, 0.717) is 18.9 Å². The number of carbonyl (C=O) groups excluding carboxylic acids is 1. The van der Waals surface area contributed by atoms with Crippen molar-refractivity contribution in [1.82, 2.24) is 9.88 Å². The van der Waals surface area contributed by atoms with Gasteiger partial charge in [0.25, 0.3) is 5.91 Å². The zero-order valence-corrected chi connectivity index (χ0v) is 16.2. The number of nitrogens with zero attached hydrogens (tertiary/aromatic N) is 2. The number of thiazole rings is 1. The summed E-state index contributed by atoms with van der Waals surface area (Å²) in [6.07, 6.45) is 1.94. The van der Waals surface area contributed by atoms with Crippen LogP contribution in [0, 0.1) is 0 Å². The summed E-state index contributed by atoms with van der Waals surface area (Å²) in [5.41, 5.74) is 2.71. The van der Waals surface area contributed by atoms with E-state index in [-0.39, 0.29) is 11.9 Å². The van der Waals surface area contributed by atoms with E-state index < -0.39 is 0 Å². The second-order valence-corrected chi connectivity index (χ2v) is 8.25. The molecule has 1 saturated heterocycles. The van der Waals surface area contributed by atoms with Crippen LogP contribution in [0.5, 0.6) is 11.5 Å². The quantitative estimate of drug-likeness (QED) is 0.646. The third kappa shape index (κ3) is 3.11. The molecule has 0 aliphatic carbocycles. The molecule has 0 N–H and O–H groups in total. The van der Waals surface area contributed by atoms with Gasteiger partial charge in [-0.3, -0.25) is 4.79 Å². The number of fused-ring (bicyclic) bond motifs is 1. The summed E-state index contributed by atoms with van der Waals surface area (Å²) in [5.74, 6) is 1.55. The van der Waals surface area contributed by atoms with Crippen LogP contribution in [-0.4, -0.2) is 35.5 Å². The molecule has 0 radical (unpaired) electrons. The number of ether oxygens (including phenoxy) is 2. The van der Waals surface area contributed by atoms with Crippen LogP contribution in [0.3, 0.4) is 0 Å². The van der Waals surface area contributed by atoms with Crippen molar-refractivity contribution >= 4 is 28.6 Å². The minimum atomic E-state index is 0.00474. The van der Waals surface area contributed by atoms with Crippen molar-refractivity contribution in [3.05, 3.63) is 51.7 Å². The van der Waals surface area contributed by atoms with E-state index in [1.807, 2.05) is 39.9 Å². The fraction of sp³-hybridized carbons (Fsp3) is 0.300. The van der Waals surface area contributed by atoms with Crippen molar-refractivity contribution < 1.29 is 14.3 Å². The Kier molecular flexibility index (Phi) is 4.33. The van der Waals surface area contributed by atoms with Gasteiger partial charge in [-0.15, -0.1) is 11.3 Å². The Morgan fingerprint density at radius 1 is 1.15 bits per heavy atom. The second kappa shape index (κ2) is 6.98. The first-order valence-corrected chi connectivity index (χ1v) is 10.8. The first-order valence-electron chi connectivity index (χ1n) is 8.98. The second-order valence-electron chi connectivity index (χ2n) is 6.61. The van der Waals surface area contributed by atoms with Crippen LogP contribution in [0.25, 0.3) is 10.6 Å². The highest BCUT2D eigenvalue weighted by Crippen LogP contribution is 2.39. The SMILES string of the molecule is O=C(c1csc(-c2ccsc2)n1)N1CCC[C@H]1c1ccc2c(c1)OCCO2. The zero-order chi connectivity index (χ0) is 18.2. The number of carbonyl (C=O) groups is 1. The van der Waals surface area contributed by atoms with E-state index in [0.717, 1.165) is 47.0 Å². The lowest BCUT2D eigenvalue weighted by molar-refractivity contribution is 0.0730. The molecule has 0 bridgehead atoms. The van der Waals surface area contributed by atoms with Gasteiger partial charge in [-0.2, -0.15) is 11.3 Å². The highest BCUT2D eigenvalue weighted by Gasteiger charge is 2.32. The smallest absolute Gasteiger partial charge is 0.273 e. The van der Waals surface area contributed by atoms with Crippen molar-refractivity contribution in [3.8, 4) is 22.1 Å². The summed E-state index contributed by atoms with van der Waals surface area (Å²) in [6, 6.07) is 8.10. The molecule has 27 heavy (non-hydrogen) atoms. The Labute approximate surface area is 165 Å². The molecular formula is C20H18N2O3S2. The lowest BCUT2D eigenvalue weighted by Crippen LogP contribution is -2.30. The first kappa shape index (κ1) is 16.8. The van der Waals surface area contributed by atoms with Gasteiger partial charge in [0.1, 0.15) is 23.9 Å². The molecule has 5 rings (SSSR count). The molecule has 2 aromatic heterocycles. The Balaban J connectivity index is 1.40. The largest absolute Gasteiger partial charge is 0.486 e. The summed E-state index contributed by atoms with van der Waals surface area (Å²) < 4.78 is 11.3. The topological polar surface area (TPSA) is 51.7 Å². The highest BCUT2D eigenvalue weighted by molar-refractivity contribution is 7.14. The van der Waals surface area contributed by atoms with Crippen LogP contribution in [-0.2, 0) is 0 Å². The van der Waals surface area contributed by atoms with Crippen molar-refractivity contribution in [3.63, 3.8) is 0 Å². The first-order chi connectivity index (χ1) is 13.3. The van der Waals surface area contributed by atoms with E-state index in [2.05, 4.69) is 10.4 Å². The number of thiophene rings is 1. The number of hydrogen-bond acceptors (Lipinski definition) is 6. The summed E-state index contributed by atoms with van der Waals surface area (Å²) in [6.45, 7) is 1.90. The Morgan fingerprint density at radius 2 is 2.04 bits per heavy atom. The molecule has 0 spiro atoms. The predicted molar refractivity (Wildman–Crippen MR) is 106 cm³/mol. The van der Waals surface area contributed by atoms with Crippen LogP contribution in [0.2, 0.25) is 0 Å². The third-order valence-corrected chi connectivity index (χ3v) is 6.53. The Hall–Kier alpha value is -2.38. The average Bonchev–Trinajstić information content (AvgIpc) is 3.48. The molecule has 5 nitrogen and oxygen atoms in total. The number of rotatable bonds is 3. The molecule has 2 aliphatic heterocycles. The van der Waals surface area contributed by atoms with Gasteiger partial charge in [-0.1, -0.05) is 6.07 Å². The van der Waals surface area contributed by atoms with Crippen LogP contribution < -0.4 is 9.47 Å². The number of amides is 1. The fourth-order valence-corrected chi connectivity index (χ4v) is 5.17. The molecule has 7 heteroatoms. The summed E-state index contributed by atoms with van der Waals surface area (Å²) in [5, 5.41) is 6.85. The van der Waals surface area contributed by atoms with Crippen molar-refractivity contribution in [2.45, 2.75) is 18.9 Å². The minimum absolute atomic E-state index is 0.00474. The number of likely N-dealkylation sites (tertiary alicyclic amines) is 1. The summed E-state index contributed by atoms with van der Waals surface area (Å²) >= 11 is 3.16. The molecule has 138 valence electrons. The van der Waals surface area contributed by atoms with E-state index in [9.17, 15) is 4.79 Å². The zero-order valence-electron chi connectivity index (χ0n) is 14.6. The molecule has 3 aromatic rings. The van der Waals surface area contributed by atoms with Crippen LogP contribution in [0.15, 0.2) is 40.4 Å². The third-order valence-electron chi connectivity index (χ3n) is 4.96. The summed E-state index contributed by atoms with van der Waals surface area (Å²) in [7, 11) is 0. The summed E-state index contributed by atoms with van der Waals surface area (Å²) in [4.78, 5) is 19.6. The molecule has 4 heterocycles. The van der Waals surface area contributed by atoms with Crippen molar-refractivity contribution in [2.75, 3.05) is 19.8 Å². The van der Waals surface area contributed by atoms with Gasteiger partial charge in [0.05, 0.1) is 6.04 Å². The number of hydrogen-bond donors (Lipinski definition) is 0. The molecule has 1 atom stereocenters. The normalized spacial score (nSPS) is 18.7. The maximum absolute atomic E-state index is 13.1. The monoisotopic (exact) mass is 398 g/mol. The van der Waals surface area contributed by atoms with E-state index >= 15 is 0 Å². The van der Waals surface area contributed by atoms with Crippen LogP contribution in [0.4, 0.5) is 0 Å². The van der Waals surface area contributed by atoms with Gasteiger partial charge in [-0.05, 0) is 42.0 Å². The maximum atomic E-state index is 13.1.